The molecule has 6 heteroatoms. The molecule has 0 saturated carbocycles. The number of benzene rings is 1. The van der Waals surface area contributed by atoms with Gasteiger partial charge in [-0.2, -0.15) is 0 Å². The number of hydrogen-bond donors (Lipinski definition) is 1. The number of piperidine rings is 1. The first-order valence-electron chi connectivity index (χ1n) is 7.68. The fourth-order valence-electron chi connectivity index (χ4n) is 2.87. The van der Waals surface area contributed by atoms with Crippen LogP contribution in [0.1, 0.15) is 23.2 Å². The van der Waals surface area contributed by atoms with Crippen LogP contribution in [0.25, 0.3) is 11.0 Å². The van der Waals surface area contributed by atoms with Crippen LogP contribution < -0.4 is 15.7 Å². The van der Waals surface area contributed by atoms with Crippen LogP contribution in [0, 0.1) is 0 Å². The molecule has 122 valence electrons. The molecule has 3 rings (SSSR count). The van der Waals surface area contributed by atoms with Crippen molar-refractivity contribution in [1.29, 1.82) is 0 Å². The summed E-state index contributed by atoms with van der Waals surface area (Å²) in [4.78, 5) is 26.6. The number of ether oxygens (including phenoxy) is 1. The Morgan fingerprint density at radius 2 is 2.04 bits per heavy atom. The Morgan fingerprint density at radius 1 is 1.30 bits per heavy atom. The van der Waals surface area contributed by atoms with E-state index in [9.17, 15) is 9.59 Å². The Morgan fingerprint density at radius 3 is 2.74 bits per heavy atom. The molecule has 0 unspecified atom stereocenters. The molecule has 1 aromatic heterocycles. The summed E-state index contributed by atoms with van der Waals surface area (Å²) in [6.45, 7) is 1.92. The van der Waals surface area contributed by atoms with Crippen molar-refractivity contribution < 1.29 is 13.9 Å². The molecular formula is C17H20N2O4. The molecule has 0 radical (unpaired) electrons. The van der Waals surface area contributed by atoms with Gasteiger partial charge < -0.3 is 19.4 Å². The highest BCUT2D eigenvalue weighted by Gasteiger charge is 2.21. The van der Waals surface area contributed by atoms with Gasteiger partial charge in [-0.15, -0.1) is 0 Å². The van der Waals surface area contributed by atoms with Crippen LogP contribution in [0.5, 0.6) is 5.75 Å². The second-order valence-corrected chi connectivity index (χ2v) is 5.89. The second-order valence-electron chi connectivity index (χ2n) is 5.89. The van der Waals surface area contributed by atoms with Gasteiger partial charge in [0.05, 0.1) is 12.7 Å². The third-order valence-corrected chi connectivity index (χ3v) is 4.25. The summed E-state index contributed by atoms with van der Waals surface area (Å²) < 4.78 is 10.3. The van der Waals surface area contributed by atoms with Crippen LogP contribution >= 0.6 is 0 Å². The number of carbonyl (C=O) groups excluding carboxylic acids is 1. The predicted molar refractivity (Wildman–Crippen MR) is 87.0 cm³/mol. The Bertz CT molecular complexity index is 776. The van der Waals surface area contributed by atoms with Crippen molar-refractivity contribution in [2.24, 2.45) is 0 Å². The minimum atomic E-state index is -0.542. The van der Waals surface area contributed by atoms with Gasteiger partial charge in [0, 0.05) is 23.6 Å². The molecule has 1 saturated heterocycles. The van der Waals surface area contributed by atoms with Gasteiger partial charge in [0.15, 0.2) is 0 Å². The fraction of sp³-hybridized carbons (Fsp3) is 0.412. The van der Waals surface area contributed by atoms with Crippen LogP contribution in [0.3, 0.4) is 0 Å². The van der Waals surface area contributed by atoms with Gasteiger partial charge in [0.2, 0.25) is 0 Å². The average Bonchev–Trinajstić information content (AvgIpc) is 2.55. The van der Waals surface area contributed by atoms with Gasteiger partial charge in [-0.1, -0.05) is 0 Å². The molecule has 0 atom stereocenters. The van der Waals surface area contributed by atoms with Crippen LogP contribution in [0.2, 0.25) is 0 Å². The molecule has 1 aliphatic rings. The molecule has 0 aliphatic carbocycles. The number of nitrogens with one attached hydrogen (secondary N) is 1. The summed E-state index contributed by atoms with van der Waals surface area (Å²) in [5, 5.41) is 3.63. The second kappa shape index (κ2) is 6.42. The third-order valence-electron chi connectivity index (χ3n) is 4.25. The number of likely N-dealkylation sites (tertiary alicyclic amines) is 1. The highest BCUT2D eigenvalue weighted by molar-refractivity contribution is 6.05. The quantitative estimate of drug-likeness (QED) is 0.871. The van der Waals surface area contributed by atoms with E-state index < -0.39 is 5.63 Å². The molecule has 6 nitrogen and oxygen atoms in total. The van der Waals surface area contributed by atoms with E-state index in [-0.39, 0.29) is 11.9 Å². The monoisotopic (exact) mass is 316 g/mol. The van der Waals surface area contributed by atoms with Gasteiger partial charge in [-0.05, 0) is 45.1 Å². The summed E-state index contributed by atoms with van der Waals surface area (Å²) in [7, 11) is 3.61. The topological polar surface area (TPSA) is 71.8 Å². The summed E-state index contributed by atoms with van der Waals surface area (Å²) in [5.41, 5.74) is 0.155. The number of hydrogen-bond acceptors (Lipinski definition) is 5. The van der Waals surface area contributed by atoms with Crippen molar-refractivity contribution in [2.45, 2.75) is 18.9 Å². The number of methoxy groups -OCH3 is 1. The lowest BCUT2D eigenvalue weighted by Gasteiger charge is -2.29. The van der Waals surface area contributed by atoms with Gasteiger partial charge in [0.25, 0.3) is 5.91 Å². The lowest BCUT2D eigenvalue weighted by atomic mass is 10.0. The first-order valence-corrected chi connectivity index (χ1v) is 7.68. The van der Waals surface area contributed by atoms with Crippen molar-refractivity contribution >= 4 is 16.9 Å². The standard InChI is InChI=1S/C17H20N2O4/c1-19-7-5-11(6-8-19)18-17(21)14-10-16(20)23-15-9-12(22-2)3-4-13(14)15/h3-4,9-11H,5-8H2,1-2H3,(H,18,21). The number of amides is 1. The summed E-state index contributed by atoms with van der Waals surface area (Å²) in [5.74, 6) is 0.344. The Kier molecular flexibility index (Phi) is 4.34. The van der Waals surface area contributed by atoms with E-state index in [1.165, 1.54) is 13.2 Å². The molecule has 2 aromatic rings. The predicted octanol–water partition coefficient (Wildman–Crippen LogP) is 1.63. The van der Waals surface area contributed by atoms with E-state index in [1.54, 1.807) is 18.2 Å². The van der Waals surface area contributed by atoms with Crippen molar-refractivity contribution in [3.05, 3.63) is 40.2 Å². The van der Waals surface area contributed by atoms with Crippen molar-refractivity contribution in [2.75, 3.05) is 27.2 Å². The lowest BCUT2D eigenvalue weighted by molar-refractivity contribution is 0.0918. The molecule has 1 amide bonds. The maximum Gasteiger partial charge on any atom is 0.337 e. The number of rotatable bonds is 3. The van der Waals surface area contributed by atoms with Gasteiger partial charge in [-0.25, -0.2) is 4.79 Å². The normalized spacial score (nSPS) is 16.4. The maximum absolute atomic E-state index is 12.6. The Balaban J connectivity index is 1.89. The number of fused-ring (bicyclic) bond motifs is 1. The van der Waals surface area contributed by atoms with Crippen molar-refractivity contribution in [3.8, 4) is 5.75 Å². The third kappa shape index (κ3) is 3.37. The zero-order chi connectivity index (χ0) is 16.4. The summed E-state index contributed by atoms with van der Waals surface area (Å²) >= 11 is 0. The molecule has 0 spiro atoms. The molecule has 2 heterocycles. The molecule has 1 fully saturated rings. The molecule has 1 N–H and O–H groups in total. The fourth-order valence-corrected chi connectivity index (χ4v) is 2.87. The number of nitrogens with zero attached hydrogens (tertiary/aromatic N) is 1. The SMILES string of the molecule is COc1ccc2c(C(=O)NC3CCN(C)CC3)cc(=O)oc2c1. The van der Waals surface area contributed by atoms with Gasteiger partial charge in [-0.3, -0.25) is 4.79 Å². The zero-order valence-corrected chi connectivity index (χ0v) is 13.3. The van der Waals surface area contributed by atoms with Crippen LogP contribution in [-0.2, 0) is 0 Å². The smallest absolute Gasteiger partial charge is 0.337 e. The first kappa shape index (κ1) is 15.6. The minimum Gasteiger partial charge on any atom is -0.497 e. The largest absolute Gasteiger partial charge is 0.497 e. The van der Waals surface area contributed by atoms with Gasteiger partial charge in [0.1, 0.15) is 11.3 Å². The summed E-state index contributed by atoms with van der Waals surface area (Å²) in [6.07, 6.45) is 1.82. The van der Waals surface area contributed by atoms with Crippen molar-refractivity contribution in [3.63, 3.8) is 0 Å². The minimum absolute atomic E-state index is 0.138. The zero-order valence-electron chi connectivity index (χ0n) is 13.3. The Labute approximate surface area is 134 Å². The van der Waals surface area contributed by atoms with E-state index in [0.717, 1.165) is 25.9 Å². The van der Waals surface area contributed by atoms with Crippen LogP contribution in [0.15, 0.2) is 33.5 Å². The lowest BCUT2D eigenvalue weighted by Crippen LogP contribution is -2.43. The maximum atomic E-state index is 12.6. The molecule has 23 heavy (non-hydrogen) atoms. The van der Waals surface area contributed by atoms with Crippen LogP contribution in [0.4, 0.5) is 0 Å². The molecule has 0 bridgehead atoms. The Hall–Kier alpha value is -2.34. The molecule has 1 aliphatic heterocycles. The molecule has 1 aromatic carbocycles. The number of carbonyl (C=O) groups is 1. The highest BCUT2D eigenvalue weighted by atomic mass is 16.5. The average molecular weight is 316 g/mol. The van der Waals surface area contributed by atoms with E-state index in [2.05, 4.69) is 17.3 Å². The van der Waals surface area contributed by atoms with E-state index in [0.29, 0.717) is 22.3 Å². The first-order chi connectivity index (χ1) is 11.1. The van der Waals surface area contributed by atoms with Crippen LogP contribution in [-0.4, -0.2) is 44.1 Å². The molecular weight excluding hydrogens is 296 g/mol. The summed E-state index contributed by atoms with van der Waals surface area (Å²) in [6, 6.07) is 6.48. The highest BCUT2D eigenvalue weighted by Crippen LogP contribution is 2.22. The van der Waals surface area contributed by atoms with E-state index in [1.807, 2.05) is 0 Å². The van der Waals surface area contributed by atoms with E-state index in [4.69, 9.17) is 9.15 Å². The van der Waals surface area contributed by atoms with Gasteiger partial charge >= 0.3 is 5.63 Å². The van der Waals surface area contributed by atoms with Crippen molar-refractivity contribution in [1.82, 2.24) is 10.2 Å². The van der Waals surface area contributed by atoms with E-state index >= 15 is 0 Å².